The van der Waals surface area contributed by atoms with Crippen LogP contribution in [0.1, 0.15) is 62.2 Å². The number of pyridine rings is 1. The molecular weight excluding hydrogens is 350 g/mol. The van der Waals surface area contributed by atoms with Crippen molar-refractivity contribution in [1.82, 2.24) is 14.5 Å². The van der Waals surface area contributed by atoms with Gasteiger partial charge in [-0.3, -0.25) is 0 Å². The van der Waals surface area contributed by atoms with E-state index >= 15 is 0 Å². The van der Waals surface area contributed by atoms with E-state index in [0.717, 1.165) is 37.1 Å². The van der Waals surface area contributed by atoms with Crippen molar-refractivity contribution in [1.29, 1.82) is 0 Å². The summed E-state index contributed by atoms with van der Waals surface area (Å²) in [7, 11) is -3.59. The summed E-state index contributed by atoms with van der Waals surface area (Å²) in [6, 6.07) is 5.44. The zero-order chi connectivity index (χ0) is 18.7. The Morgan fingerprint density at radius 2 is 1.88 bits per heavy atom. The first-order chi connectivity index (χ1) is 12.4. The Balaban J connectivity index is 1.94. The van der Waals surface area contributed by atoms with E-state index in [0.29, 0.717) is 18.2 Å². The van der Waals surface area contributed by atoms with Crippen molar-refractivity contribution in [2.45, 2.75) is 69.8 Å². The summed E-state index contributed by atoms with van der Waals surface area (Å²) in [5.74, 6) is 0.277. The van der Waals surface area contributed by atoms with Crippen LogP contribution in [0.3, 0.4) is 0 Å². The Bertz CT molecular complexity index is 868. The van der Waals surface area contributed by atoms with Crippen molar-refractivity contribution in [3.8, 4) is 5.88 Å². The topological polar surface area (TPSA) is 74.1 Å². The van der Waals surface area contributed by atoms with Crippen molar-refractivity contribution >= 4 is 9.84 Å². The number of hydrogen-bond donors (Lipinski definition) is 0. The van der Waals surface area contributed by atoms with Crippen LogP contribution in [-0.2, 0) is 15.6 Å². The number of rotatable bonds is 6. The van der Waals surface area contributed by atoms with Crippen molar-refractivity contribution in [3.05, 3.63) is 35.3 Å². The summed E-state index contributed by atoms with van der Waals surface area (Å²) in [6.45, 7) is 6.21. The van der Waals surface area contributed by atoms with Crippen molar-refractivity contribution < 1.29 is 13.2 Å². The highest BCUT2D eigenvalue weighted by atomic mass is 32.2. The zero-order valence-electron chi connectivity index (χ0n) is 15.7. The molecule has 0 atom stereocenters. The molecule has 0 aliphatic heterocycles. The summed E-state index contributed by atoms with van der Waals surface area (Å²) in [4.78, 5) is 8.73. The van der Waals surface area contributed by atoms with Gasteiger partial charge in [-0.2, -0.15) is 0 Å². The number of aromatic nitrogens is 3. The van der Waals surface area contributed by atoms with Crippen LogP contribution >= 0.6 is 0 Å². The lowest BCUT2D eigenvalue weighted by molar-refractivity contribution is 0.326. The summed E-state index contributed by atoms with van der Waals surface area (Å²) in [5, 5.41) is 0.183. The maximum atomic E-state index is 13.1. The van der Waals surface area contributed by atoms with Crippen LogP contribution in [0, 0.1) is 13.8 Å². The quantitative estimate of drug-likeness (QED) is 0.766. The molecule has 0 bridgehead atoms. The van der Waals surface area contributed by atoms with E-state index in [-0.39, 0.29) is 17.0 Å². The van der Waals surface area contributed by atoms with Gasteiger partial charge in [-0.1, -0.05) is 25.3 Å². The number of sulfone groups is 1. The molecule has 6 nitrogen and oxygen atoms in total. The molecule has 0 spiro atoms. The Labute approximate surface area is 155 Å². The van der Waals surface area contributed by atoms with Gasteiger partial charge in [-0.25, -0.2) is 18.4 Å². The predicted octanol–water partition coefficient (Wildman–Crippen LogP) is 3.77. The Morgan fingerprint density at radius 1 is 1.15 bits per heavy atom. The van der Waals surface area contributed by atoms with Crippen molar-refractivity contribution in [2.24, 2.45) is 0 Å². The van der Waals surface area contributed by atoms with Crippen LogP contribution < -0.4 is 4.74 Å². The van der Waals surface area contributed by atoms with Crippen LogP contribution in [0.4, 0.5) is 0 Å². The molecule has 1 aliphatic carbocycles. The number of imidazole rings is 1. The third-order valence-electron chi connectivity index (χ3n) is 4.98. The lowest BCUT2D eigenvalue weighted by Crippen LogP contribution is -2.20. The first-order valence-electron chi connectivity index (χ1n) is 9.29. The minimum atomic E-state index is -3.59. The number of hydrogen-bond acceptors (Lipinski definition) is 5. The van der Waals surface area contributed by atoms with Crippen LogP contribution in [0.5, 0.6) is 5.88 Å². The molecule has 0 amide bonds. The highest BCUT2D eigenvalue weighted by Crippen LogP contribution is 2.33. The zero-order valence-corrected chi connectivity index (χ0v) is 16.6. The smallest absolute Gasteiger partial charge is 0.228 e. The van der Waals surface area contributed by atoms with Gasteiger partial charge in [0, 0.05) is 17.8 Å². The number of ether oxygens (including phenoxy) is 1. The molecule has 1 saturated carbocycles. The maximum Gasteiger partial charge on any atom is 0.228 e. The third-order valence-corrected chi connectivity index (χ3v) is 6.50. The Hall–Kier alpha value is -1.89. The molecule has 0 radical (unpaired) electrons. The van der Waals surface area contributed by atoms with Crippen LogP contribution in [0.2, 0.25) is 0 Å². The second kappa shape index (κ2) is 7.78. The van der Waals surface area contributed by atoms with Gasteiger partial charge in [0.25, 0.3) is 0 Å². The molecule has 26 heavy (non-hydrogen) atoms. The van der Waals surface area contributed by atoms with E-state index < -0.39 is 9.84 Å². The van der Waals surface area contributed by atoms with Crippen LogP contribution in [0.15, 0.2) is 23.4 Å². The van der Waals surface area contributed by atoms with Gasteiger partial charge >= 0.3 is 0 Å². The standard InChI is InChI=1S/C19H27N3O3S/c1-4-25-18-12-8-9-16(21-18)13-26(23,24)19-20-14(2)15(3)22(19)17-10-6-5-7-11-17/h8-9,12,17H,4-7,10-11,13H2,1-3H3. The Kier molecular flexibility index (Phi) is 5.65. The number of nitrogens with zero attached hydrogens (tertiary/aromatic N) is 3. The minimum absolute atomic E-state index is 0.170. The van der Waals surface area contributed by atoms with Crippen LogP contribution in [0.25, 0.3) is 0 Å². The van der Waals surface area contributed by atoms with Crippen LogP contribution in [-0.4, -0.2) is 29.6 Å². The summed E-state index contributed by atoms with van der Waals surface area (Å²) in [6.07, 6.45) is 5.52. The molecule has 3 rings (SSSR count). The van der Waals surface area contributed by atoms with E-state index in [1.54, 1.807) is 18.2 Å². The molecule has 0 unspecified atom stereocenters. The first-order valence-corrected chi connectivity index (χ1v) is 10.9. The lowest BCUT2D eigenvalue weighted by Gasteiger charge is -2.26. The third kappa shape index (κ3) is 3.92. The average Bonchev–Trinajstić information content (AvgIpc) is 2.92. The SMILES string of the molecule is CCOc1cccc(CS(=O)(=O)c2nc(C)c(C)n2C2CCCCC2)n1. The largest absolute Gasteiger partial charge is 0.478 e. The first kappa shape index (κ1) is 18.9. The van der Waals surface area contributed by atoms with Gasteiger partial charge in [0.1, 0.15) is 5.75 Å². The van der Waals surface area contributed by atoms with E-state index in [1.165, 1.54) is 6.42 Å². The van der Waals surface area contributed by atoms with Gasteiger partial charge in [0.15, 0.2) is 0 Å². The molecule has 2 aromatic heterocycles. The van der Waals surface area contributed by atoms with Gasteiger partial charge in [0.05, 0.1) is 18.0 Å². The fourth-order valence-electron chi connectivity index (χ4n) is 3.61. The van der Waals surface area contributed by atoms with E-state index in [2.05, 4.69) is 9.97 Å². The van der Waals surface area contributed by atoms with E-state index in [1.807, 2.05) is 25.3 Å². The molecule has 7 heteroatoms. The fraction of sp³-hybridized carbons (Fsp3) is 0.579. The van der Waals surface area contributed by atoms with Crippen molar-refractivity contribution in [3.63, 3.8) is 0 Å². The Morgan fingerprint density at radius 3 is 2.58 bits per heavy atom. The number of aryl methyl sites for hydroxylation is 1. The summed E-state index contributed by atoms with van der Waals surface area (Å²) in [5.41, 5.74) is 2.21. The molecule has 0 N–H and O–H groups in total. The molecule has 2 aromatic rings. The summed E-state index contributed by atoms with van der Waals surface area (Å²) >= 11 is 0. The lowest BCUT2D eigenvalue weighted by atomic mass is 9.95. The van der Waals surface area contributed by atoms with E-state index in [9.17, 15) is 8.42 Å². The molecule has 2 heterocycles. The average molecular weight is 378 g/mol. The van der Waals surface area contributed by atoms with E-state index in [4.69, 9.17) is 4.74 Å². The fourth-order valence-corrected chi connectivity index (χ4v) is 5.15. The minimum Gasteiger partial charge on any atom is -0.478 e. The second-order valence-electron chi connectivity index (χ2n) is 6.89. The normalized spacial score (nSPS) is 16.0. The van der Waals surface area contributed by atoms with Gasteiger partial charge < -0.3 is 9.30 Å². The molecule has 1 aliphatic rings. The molecule has 0 aromatic carbocycles. The highest BCUT2D eigenvalue weighted by molar-refractivity contribution is 7.90. The molecular formula is C19H27N3O3S. The summed E-state index contributed by atoms with van der Waals surface area (Å²) < 4.78 is 33.6. The highest BCUT2D eigenvalue weighted by Gasteiger charge is 2.29. The monoisotopic (exact) mass is 377 g/mol. The maximum absolute atomic E-state index is 13.1. The predicted molar refractivity (Wildman–Crippen MR) is 100 cm³/mol. The van der Waals surface area contributed by atoms with Gasteiger partial charge in [0.2, 0.25) is 20.9 Å². The van der Waals surface area contributed by atoms with Gasteiger partial charge in [-0.05, 0) is 39.7 Å². The molecule has 0 saturated heterocycles. The molecule has 1 fully saturated rings. The molecule has 142 valence electrons. The van der Waals surface area contributed by atoms with Crippen molar-refractivity contribution in [2.75, 3.05) is 6.61 Å². The van der Waals surface area contributed by atoms with Gasteiger partial charge in [-0.15, -0.1) is 0 Å². The second-order valence-corrected chi connectivity index (χ2v) is 8.77.